The zero-order chi connectivity index (χ0) is 13.4. The third-order valence-corrected chi connectivity index (χ3v) is 2.17. The number of hydrogen-bond acceptors (Lipinski definition) is 2. The Bertz CT molecular complexity index is 607. The average Bonchev–Trinajstić information content (AvgIpc) is 2.76. The van der Waals surface area contributed by atoms with Crippen LogP contribution in [0.1, 0.15) is 10.6 Å². The lowest BCUT2D eigenvalue weighted by atomic mass is 10.1. The van der Waals surface area contributed by atoms with Crippen molar-refractivity contribution in [3.8, 4) is 11.3 Å². The molecule has 0 fully saturated rings. The maximum atomic E-state index is 13.3. The van der Waals surface area contributed by atoms with Crippen molar-refractivity contribution in [1.29, 1.82) is 0 Å². The van der Waals surface area contributed by atoms with Crippen molar-refractivity contribution in [2.45, 2.75) is 0 Å². The standard InChI is InChI=1S/C11H4F4O3/c12-4-3-5(13)10(15)8(9(4)14)6-1-2-7(18-6)11(16)17/h1-3H,(H,16,17). The van der Waals surface area contributed by atoms with E-state index in [0.717, 1.165) is 12.1 Å². The molecule has 0 amide bonds. The molecule has 2 rings (SSSR count). The minimum atomic E-state index is -1.65. The van der Waals surface area contributed by atoms with Crippen LogP contribution in [0, 0.1) is 23.3 Å². The summed E-state index contributed by atoms with van der Waals surface area (Å²) in [6, 6.07) is 1.87. The molecule has 0 unspecified atom stereocenters. The summed E-state index contributed by atoms with van der Waals surface area (Å²) in [7, 11) is 0. The topological polar surface area (TPSA) is 50.4 Å². The molecular formula is C11H4F4O3. The highest BCUT2D eigenvalue weighted by molar-refractivity contribution is 5.85. The summed E-state index contributed by atoms with van der Waals surface area (Å²) in [6.07, 6.45) is 0. The number of rotatable bonds is 2. The molecule has 1 aromatic carbocycles. The van der Waals surface area contributed by atoms with Gasteiger partial charge < -0.3 is 9.52 Å². The second-order valence-electron chi connectivity index (χ2n) is 3.31. The van der Waals surface area contributed by atoms with Crippen LogP contribution >= 0.6 is 0 Å². The van der Waals surface area contributed by atoms with Gasteiger partial charge in [0.1, 0.15) is 5.76 Å². The first-order valence-electron chi connectivity index (χ1n) is 4.58. The molecule has 94 valence electrons. The number of aromatic carboxylic acids is 1. The van der Waals surface area contributed by atoms with Gasteiger partial charge >= 0.3 is 5.97 Å². The molecule has 18 heavy (non-hydrogen) atoms. The Labute approximate surface area is 97.3 Å². The number of carbonyl (C=O) groups is 1. The fourth-order valence-corrected chi connectivity index (χ4v) is 1.38. The Morgan fingerprint density at radius 3 is 2.06 bits per heavy atom. The highest BCUT2D eigenvalue weighted by atomic mass is 19.2. The summed E-state index contributed by atoms with van der Waals surface area (Å²) < 4.78 is 57.2. The van der Waals surface area contributed by atoms with E-state index in [1.807, 2.05) is 0 Å². The Balaban J connectivity index is 2.66. The van der Waals surface area contributed by atoms with E-state index in [1.165, 1.54) is 0 Å². The smallest absolute Gasteiger partial charge is 0.371 e. The molecule has 0 saturated carbocycles. The van der Waals surface area contributed by atoms with E-state index in [1.54, 1.807) is 0 Å². The number of benzene rings is 1. The van der Waals surface area contributed by atoms with E-state index in [-0.39, 0.29) is 6.07 Å². The Morgan fingerprint density at radius 2 is 1.61 bits per heavy atom. The van der Waals surface area contributed by atoms with Gasteiger partial charge in [-0.2, -0.15) is 0 Å². The van der Waals surface area contributed by atoms with Crippen LogP contribution in [0.5, 0.6) is 0 Å². The quantitative estimate of drug-likeness (QED) is 0.666. The van der Waals surface area contributed by atoms with Crippen LogP contribution in [0.25, 0.3) is 11.3 Å². The minimum absolute atomic E-state index is 0.0508. The van der Waals surface area contributed by atoms with Crippen molar-refractivity contribution in [2.75, 3.05) is 0 Å². The van der Waals surface area contributed by atoms with Gasteiger partial charge in [-0.25, -0.2) is 22.4 Å². The Morgan fingerprint density at radius 1 is 1.06 bits per heavy atom. The first-order valence-corrected chi connectivity index (χ1v) is 4.58. The second-order valence-corrected chi connectivity index (χ2v) is 3.31. The summed E-state index contributed by atoms with van der Waals surface area (Å²) in [5.41, 5.74) is -1.08. The van der Waals surface area contributed by atoms with Crippen LogP contribution < -0.4 is 0 Å². The van der Waals surface area contributed by atoms with Crippen LogP contribution in [0.2, 0.25) is 0 Å². The lowest BCUT2D eigenvalue weighted by Crippen LogP contribution is -1.98. The maximum absolute atomic E-state index is 13.3. The van der Waals surface area contributed by atoms with E-state index < -0.39 is 46.3 Å². The molecule has 0 aliphatic carbocycles. The Kier molecular flexibility index (Phi) is 2.82. The number of carboxylic acids is 1. The van der Waals surface area contributed by atoms with Gasteiger partial charge in [0.05, 0.1) is 5.56 Å². The van der Waals surface area contributed by atoms with E-state index in [2.05, 4.69) is 4.42 Å². The van der Waals surface area contributed by atoms with E-state index in [9.17, 15) is 22.4 Å². The lowest BCUT2D eigenvalue weighted by molar-refractivity contribution is 0.0663. The van der Waals surface area contributed by atoms with Gasteiger partial charge in [0, 0.05) is 6.07 Å². The molecule has 0 radical (unpaired) electrons. The van der Waals surface area contributed by atoms with Gasteiger partial charge in [-0.3, -0.25) is 0 Å². The number of hydrogen-bond donors (Lipinski definition) is 1. The largest absolute Gasteiger partial charge is 0.475 e. The summed E-state index contributed by atoms with van der Waals surface area (Å²) in [6.45, 7) is 0. The van der Waals surface area contributed by atoms with Crippen molar-refractivity contribution >= 4 is 5.97 Å². The van der Waals surface area contributed by atoms with Crippen LogP contribution in [0.3, 0.4) is 0 Å². The van der Waals surface area contributed by atoms with Crippen molar-refractivity contribution in [3.05, 3.63) is 47.2 Å². The molecule has 3 nitrogen and oxygen atoms in total. The summed E-state index contributed by atoms with van der Waals surface area (Å²) >= 11 is 0. The molecule has 0 atom stereocenters. The molecule has 2 aromatic rings. The van der Waals surface area contributed by atoms with E-state index in [0.29, 0.717) is 0 Å². The minimum Gasteiger partial charge on any atom is -0.475 e. The molecule has 7 heteroatoms. The van der Waals surface area contributed by atoms with Crippen LogP contribution in [0.15, 0.2) is 22.6 Å². The van der Waals surface area contributed by atoms with E-state index >= 15 is 0 Å². The van der Waals surface area contributed by atoms with Crippen LogP contribution in [-0.4, -0.2) is 11.1 Å². The molecule has 1 heterocycles. The normalized spacial score (nSPS) is 10.7. The monoisotopic (exact) mass is 260 g/mol. The van der Waals surface area contributed by atoms with Crippen LogP contribution in [0.4, 0.5) is 17.6 Å². The number of halogens is 4. The average molecular weight is 260 g/mol. The van der Waals surface area contributed by atoms with Crippen molar-refractivity contribution in [3.63, 3.8) is 0 Å². The lowest BCUT2D eigenvalue weighted by Gasteiger charge is -2.03. The molecule has 0 aliphatic heterocycles. The molecular weight excluding hydrogens is 256 g/mol. The van der Waals surface area contributed by atoms with Gasteiger partial charge in [0.2, 0.25) is 5.76 Å². The SMILES string of the molecule is O=C(O)c1ccc(-c2c(F)c(F)cc(F)c2F)o1. The summed E-state index contributed by atoms with van der Waals surface area (Å²) in [5.74, 6) is -9.19. The fraction of sp³-hybridized carbons (Fsp3) is 0. The van der Waals surface area contributed by atoms with Gasteiger partial charge in [0.15, 0.2) is 23.3 Å². The first kappa shape index (κ1) is 12.2. The molecule has 0 saturated heterocycles. The first-order chi connectivity index (χ1) is 8.41. The second kappa shape index (κ2) is 4.17. The van der Waals surface area contributed by atoms with Crippen molar-refractivity contribution in [1.82, 2.24) is 0 Å². The molecule has 1 N–H and O–H groups in total. The van der Waals surface area contributed by atoms with Crippen LogP contribution in [-0.2, 0) is 0 Å². The number of carboxylic acid groups (broad SMARTS) is 1. The highest BCUT2D eigenvalue weighted by Gasteiger charge is 2.23. The summed E-state index contributed by atoms with van der Waals surface area (Å²) in [4.78, 5) is 10.5. The zero-order valence-corrected chi connectivity index (χ0v) is 8.51. The van der Waals surface area contributed by atoms with Gasteiger partial charge in [-0.1, -0.05) is 0 Å². The van der Waals surface area contributed by atoms with Gasteiger partial charge in [-0.05, 0) is 12.1 Å². The highest BCUT2D eigenvalue weighted by Crippen LogP contribution is 2.30. The van der Waals surface area contributed by atoms with E-state index in [4.69, 9.17) is 5.11 Å². The molecule has 0 aliphatic rings. The summed E-state index contributed by atoms with van der Waals surface area (Å²) in [5, 5.41) is 8.56. The van der Waals surface area contributed by atoms with Crippen molar-refractivity contribution in [2.24, 2.45) is 0 Å². The fourth-order valence-electron chi connectivity index (χ4n) is 1.38. The zero-order valence-electron chi connectivity index (χ0n) is 8.51. The van der Waals surface area contributed by atoms with Crippen molar-refractivity contribution < 1.29 is 31.9 Å². The predicted molar refractivity (Wildman–Crippen MR) is 50.9 cm³/mol. The van der Waals surface area contributed by atoms with Gasteiger partial charge in [-0.15, -0.1) is 0 Å². The molecule has 0 bridgehead atoms. The third-order valence-electron chi connectivity index (χ3n) is 2.17. The Hall–Kier alpha value is -2.31. The third kappa shape index (κ3) is 1.83. The number of furan rings is 1. The maximum Gasteiger partial charge on any atom is 0.371 e. The predicted octanol–water partition coefficient (Wildman–Crippen LogP) is 3.20. The molecule has 0 spiro atoms. The molecule has 1 aromatic heterocycles. The van der Waals surface area contributed by atoms with Gasteiger partial charge in [0.25, 0.3) is 0 Å².